The standard InChI is InChI=1S/C50H57N5O5S/c1-24(5-12-31-42-46(55(42)22-26-8-9-26)19-27-10-13-33(56)35-36(27)48(31,23-46)44-41(35)60-44)52-45(61)53-32-4-2-3-29-30-21-50(58)47(16-15-25-6-7-25)20-28-11-14-34(57)40-37(28)49(50,17-18-51-47)43(59-40)39(30)54-38(29)32/h2-4,10-11,13-14,24-26,29,31,38,41-44,51,54,56-58H,5-9,12,15-23H2,1H3,(H2,52,53,61)/t24-,29?,31?,38?,41?,42?,43-,44+,46?,47+,48-,49-,50+,55?/m0/s1. The highest BCUT2D eigenvalue weighted by Crippen LogP contribution is 2.79. The third-order valence-electron chi connectivity index (χ3n) is 19.4. The topological polar surface area (TPSA) is 134 Å². The van der Waals surface area contributed by atoms with Crippen LogP contribution in [0.15, 0.2) is 59.5 Å². The Kier molecular flexibility index (Phi) is 6.67. The Hall–Kier alpha value is -3.61. The number of ether oxygens (including phenoxy) is 2. The molecular formula is C50H57N5O5S. The molecule has 0 aromatic heterocycles. The van der Waals surface area contributed by atoms with Crippen molar-refractivity contribution in [3.8, 4) is 17.2 Å². The first-order valence-corrected chi connectivity index (χ1v) is 24.2. The molecule has 11 heteroatoms. The summed E-state index contributed by atoms with van der Waals surface area (Å²) >= 11 is 6.11. The summed E-state index contributed by atoms with van der Waals surface area (Å²) in [4.78, 5) is 2.89. The monoisotopic (exact) mass is 839 g/mol. The molecule has 14 atom stereocenters. The van der Waals surface area contributed by atoms with Crippen LogP contribution < -0.4 is 26.0 Å². The fraction of sp³-hybridized carbons (Fsp3) is 0.620. The largest absolute Gasteiger partial charge is 0.508 e. The summed E-state index contributed by atoms with van der Waals surface area (Å²) in [5, 5.41) is 51.9. The minimum absolute atomic E-state index is 0.0183. The van der Waals surface area contributed by atoms with Crippen molar-refractivity contribution in [2.24, 2.45) is 23.7 Å². The molecule has 5 heterocycles. The van der Waals surface area contributed by atoms with Crippen LogP contribution in [-0.2, 0) is 28.4 Å². The summed E-state index contributed by atoms with van der Waals surface area (Å²) < 4.78 is 13.4. The molecule has 3 saturated heterocycles. The highest BCUT2D eigenvalue weighted by molar-refractivity contribution is 7.80. The number of epoxide rings is 1. The maximum absolute atomic E-state index is 13.6. The summed E-state index contributed by atoms with van der Waals surface area (Å²) in [6, 6.07) is 8.74. The first-order valence-electron chi connectivity index (χ1n) is 23.8. The van der Waals surface area contributed by atoms with Gasteiger partial charge >= 0.3 is 0 Å². The molecule has 2 aromatic rings. The third-order valence-corrected chi connectivity index (χ3v) is 19.6. The van der Waals surface area contributed by atoms with E-state index in [2.05, 4.69) is 63.5 Å². The van der Waals surface area contributed by atoms with Gasteiger partial charge in [-0.2, -0.15) is 0 Å². The summed E-state index contributed by atoms with van der Waals surface area (Å²) in [6.45, 7) is 4.33. The molecule has 8 aliphatic carbocycles. The summed E-state index contributed by atoms with van der Waals surface area (Å²) in [5.74, 6) is 3.35. The molecule has 318 valence electrons. The van der Waals surface area contributed by atoms with Crippen molar-refractivity contribution in [2.45, 2.75) is 154 Å². The molecule has 2 aromatic carbocycles. The molecule has 3 spiro atoms. The van der Waals surface area contributed by atoms with Gasteiger partial charge in [0, 0.05) is 58.7 Å². The number of hydrogen-bond donors (Lipinski definition) is 7. The van der Waals surface area contributed by atoms with E-state index in [1.54, 1.807) is 6.07 Å². The molecule has 13 aliphatic rings. The van der Waals surface area contributed by atoms with Gasteiger partial charge in [-0.1, -0.05) is 37.1 Å². The quantitative estimate of drug-likeness (QED) is 0.122. The number of allylic oxidation sites excluding steroid dienone is 2. The lowest BCUT2D eigenvalue weighted by atomic mass is 9.44. The molecule has 6 fully saturated rings. The number of benzene rings is 2. The Bertz CT molecular complexity index is 2500. The van der Waals surface area contributed by atoms with E-state index in [1.807, 2.05) is 6.07 Å². The minimum Gasteiger partial charge on any atom is -0.508 e. The number of nitrogens with zero attached hydrogens (tertiary/aromatic N) is 1. The van der Waals surface area contributed by atoms with Crippen molar-refractivity contribution >= 4 is 17.3 Å². The maximum atomic E-state index is 13.6. The number of aromatic hydroxyl groups is 2. The second kappa shape index (κ2) is 11.4. The first-order chi connectivity index (χ1) is 29.6. The van der Waals surface area contributed by atoms with Gasteiger partial charge in [0.05, 0.1) is 28.8 Å². The van der Waals surface area contributed by atoms with Crippen LogP contribution in [0.3, 0.4) is 0 Å². The van der Waals surface area contributed by atoms with Crippen LogP contribution in [0, 0.1) is 23.7 Å². The normalized spacial score (nSPS) is 45.0. The smallest absolute Gasteiger partial charge is 0.170 e. The number of aliphatic hydroxyl groups is 1. The van der Waals surface area contributed by atoms with Gasteiger partial charge in [-0.05, 0) is 148 Å². The van der Waals surface area contributed by atoms with E-state index in [-0.39, 0.29) is 46.9 Å². The highest BCUT2D eigenvalue weighted by atomic mass is 32.1. The lowest BCUT2D eigenvalue weighted by Gasteiger charge is -2.66. The number of thiocarbonyl (C=S) groups is 1. The second-order valence-electron chi connectivity index (χ2n) is 22.2. The van der Waals surface area contributed by atoms with Gasteiger partial charge < -0.3 is 46.1 Å². The maximum Gasteiger partial charge on any atom is 0.170 e. The van der Waals surface area contributed by atoms with Crippen LogP contribution in [0.5, 0.6) is 17.2 Å². The van der Waals surface area contributed by atoms with E-state index in [0.29, 0.717) is 35.0 Å². The van der Waals surface area contributed by atoms with Gasteiger partial charge in [-0.3, -0.25) is 4.90 Å². The molecule has 5 aliphatic heterocycles. The Labute approximate surface area is 362 Å². The molecule has 3 saturated carbocycles. The zero-order valence-electron chi connectivity index (χ0n) is 34.9. The predicted molar refractivity (Wildman–Crippen MR) is 232 cm³/mol. The van der Waals surface area contributed by atoms with Crippen molar-refractivity contribution in [3.05, 3.63) is 87.3 Å². The molecule has 61 heavy (non-hydrogen) atoms. The molecular weight excluding hydrogens is 783 g/mol. The Balaban J connectivity index is 0.678. The number of fused-ring (bicyclic) bond motifs is 5. The number of hydrogen-bond acceptors (Lipinski definition) is 9. The second-order valence-corrected chi connectivity index (χ2v) is 22.6. The van der Waals surface area contributed by atoms with E-state index >= 15 is 0 Å². The van der Waals surface area contributed by atoms with E-state index in [1.165, 1.54) is 60.9 Å². The van der Waals surface area contributed by atoms with Gasteiger partial charge in [-0.25, -0.2) is 0 Å². The van der Waals surface area contributed by atoms with Crippen LogP contribution in [0.2, 0.25) is 0 Å². The van der Waals surface area contributed by atoms with Crippen molar-refractivity contribution in [3.63, 3.8) is 0 Å². The number of phenolic OH excluding ortho intramolecular Hbond substituents is 2. The SMILES string of the molecule is C[C@@H](CCC1C2N(CC3CC3)C23Cc2ccc(O)c4c2[C@@]1(C3)[C@@H]1OC41)NC(=S)NC1=CC=CC2C3=C(NC12)[C@@H]1Oc2c(O)ccc4c2[C@@]12CCN[C@](CCC1CC1)(C4)[C@]2(O)C3. The number of nitrogens with one attached hydrogen (secondary N) is 4. The zero-order chi connectivity index (χ0) is 40.6. The third kappa shape index (κ3) is 4.24. The number of rotatable bonds is 10. The van der Waals surface area contributed by atoms with E-state index < -0.39 is 22.7 Å². The molecule has 4 bridgehead atoms. The van der Waals surface area contributed by atoms with Gasteiger partial charge in [0.25, 0.3) is 0 Å². The Morgan fingerprint density at radius 3 is 2.67 bits per heavy atom. The molecule has 0 radical (unpaired) electrons. The number of piperidine rings is 2. The van der Waals surface area contributed by atoms with Crippen LogP contribution in [0.1, 0.15) is 111 Å². The van der Waals surface area contributed by atoms with Crippen molar-refractivity contribution in [1.82, 2.24) is 26.2 Å². The summed E-state index contributed by atoms with van der Waals surface area (Å²) in [7, 11) is 0. The van der Waals surface area contributed by atoms with E-state index in [9.17, 15) is 15.3 Å². The summed E-state index contributed by atoms with van der Waals surface area (Å²) in [5.41, 5.74) is 7.72. The highest BCUT2D eigenvalue weighted by Gasteiger charge is 2.84. The number of likely N-dealkylation sites (tertiary alicyclic amines) is 1. The first kappa shape index (κ1) is 35.8. The Morgan fingerprint density at radius 2 is 1.84 bits per heavy atom. The van der Waals surface area contributed by atoms with Crippen LogP contribution in [0.25, 0.3) is 0 Å². The van der Waals surface area contributed by atoms with Crippen LogP contribution >= 0.6 is 12.2 Å². The van der Waals surface area contributed by atoms with Crippen LogP contribution in [0.4, 0.5) is 0 Å². The van der Waals surface area contributed by atoms with Gasteiger partial charge in [0.15, 0.2) is 22.7 Å². The van der Waals surface area contributed by atoms with Crippen molar-refractivity contribution < 1.29 is 24.8 Å². The van der Waals surface area contributed by atoms with Crippen molar-refractivity contribution in [2.75, 3.05) is 13.1 Å². The average Bonchev–Trinajstić information content (AvgIpc) is 4.14. The van der Waals surface area contributed by atoms with Gasteiger partial charge in [-0.15, -0.1) is 0 Å². The molecule has 15 rings (SSSR count). The van der Waals surface area contributed by atoms with Crippen molar-refractivity contribution in [1.29, 1.82) is 0 Å². The Morgan fingerprint density at radius 1 is 1.02 bits per heavy atom. The molecule has 7 N–H and O–H groups in total. The fourth-order valence-corrected chi connectivity index (χ4v) is 16.9. The number of phenols is 2. The summed E-state index contributed by atoms with van der Waals surface area (Å²) in [6.07, 6.45) is 20.3. The molecule has 7 unspecified atom stereocenters. The predicted octanol–water partition coefficient (Wildman–Crippen LogP) is 5.44. The lowest BCUT2D eigenvalue weighted by Crippen LogP contribution is -2.81. The molecule has 0 amide bonds. The van der Waals surface area contributed by atoms with Gasteiger partial charge in [0.2, 0.25) is 0 Å². The lowest BCUT2D eigenvalue weighted by molar-refractivity contribution is -0.169. The zero-order valence-corrected chi connectivity index (χ0v) is 35.8. The van der Waals surface area contributed by atoms with E-state index in [0.717, 1.165) is 85.8 Å². The van der Waals surface area contributed by atoms with Crippen LogP contribution in [-0.4, -0.2) is 85.4 Å². The fourth-order valence-electron chi connectivity index (χ4n) is 16.6. The van der Waals surface area contributed by atoms with E-state index in [4.69, 9.17) is 21.7 Å². The molecule has 10 nitrogen and oxygen atoms in total. The minimum atomic E-state index is -1.06. The average molecular weight is 840 g/mol. The van der Waals surface area contributed by atoms with Gasteiger partial charge in [0.1, 0.15) is 17.5 Å².